The highest BCUT2D eigenvalue weighted by Gasteiger charge is 2.16. The molecule has 0 atom stereocenters. The fourth-order valence-corrected chi connectivity index (χ4v) is 2.81. The number of halogens is 1. The Kier molecular flexibility index (Phi) is 4.15. The van der Waals surface area contributed by atoms with Crippen molar-refractivity contribution in [2.24, 2.45) is 0 Å². The van der Waals surface area contributed by atoms with Crippen molar-refractivity contribution in [1.82, 2.24) is 4.98 Å². The average molecular weight is 312 g/mol. The van der Waals surface area contributed by atoms with E-state index in [9.17, 15) is 8.42 Å². The number of benzene rings is 1. The third-order valence-electron chi connectivity index (χ3n) is 2.64. The van der Waals surface area contributed by atoms with Crippen LogP contribution in [-0.2, 0) is 10.0 Å². The molecule has 0 aliphatic carbocycles. The minimum Gasteiger partial charge on any atom is -0.376 e. The quantitative estimate of drug-likeness (QED) is 0.882. The third kappa shape index (κ3) is 3.20. The van der Waals surface area contributed by atoms with Crippen molar-refractivity contribution in [3.8, 4) is 0 Å². The van der Waals surface area contributed by atoms with Crippen LogP contribution in [0.2, 0.25) is 5.15 Å². The Hall–Kier alpha value is -1.79. The van der Waals surface area contributed by atoms with Gasteiger partial charge >= 0.3 is 0 Å². The molecule has 0 aliphatic rings. The topological polar surface area (TPSA) is 62.3 Å². The molecule has 0 saturated carbocycles. The van der Waals surface area contributed by atoms with Gasteiger partial charge in [0.1, 0.15) is 10.0 Å². The van der Waals surface area contributed by atoms with Crippen LogP contribution in [0.3, 0.4) is 0 Å². The van der Waals surface area contributed by atoms with E-state index >= 15 is 0 Å². The maximum atomic E-state index is 12.3. The zero-order valence-corrected chi connectivity index (χ0v) is 12.6. The Bertz CT molecular complexity index is 700. The number of para-hydroxylation sites is 2. The molecule has 1 aromatic heterocycles. The lowest BCUT2D eigenvalue weighted by atomic mass is 10.2. The molecule has 7 heteroatoms. The molecule has 5 nitrogen and oxygen atoms in total. The zero-order chi connectivity index (χ0) is 14.8. The molecule has 2 aromatic rings. The predicted molar refractivity (Wildman–Crippen MR) is 80.8 cm³/mol. The first-order valence-corrected chi connectivity index (χ1v) is 7.67. The standard InChI is InChI=1S/C13H14ClN3O2S/c1-17(2)12-6-4-3-5-11(12)16-20(18,19)10-7-8-13(14)15-9-10/h3-9,16H,1-2H3. The molecule has 20 heavy (non-hydrogen) atoms. The highest BCUT2D eigenvalue weighted by molar-refractivity contribution is 7.92. The van der Waals surface area contributed by atoms with Gasteiger partial charge in [-0.05, 0) is 24.3 Å². The van der Waals surface area contributed by atoms with Crippen LogP contribution in [0.4, 0.5) is 11.4 Å². The van der Waals surface area contributed by atoms with Crippen molar-refractivity contribution in [3.63, 3.8) is 0 Å². The van der Waals surface area contributed by atoms with Crippen molar-refractivity contribution in [2.75, 3.05) is 23.7 Å². The summed E-state index contributed by atoms with van der Waals surface area (Å²) in [6.45, 7) is 0. The molecule has 0 radical (unpaired) electrons. The molecule has 0 fully saturated rings. The van der Waals surface area contributed by atoms with E-state index in [1.54, 1.807) is 12.1 Å². The number of rotatable bonds is 4. The molecule has 1 aromatic carbocycles. The Morgan fingerprint density at radius 1 is 1.15 bits per heavy atom. The van der Waals surface area contributed by atoms with Gasteiger partial charge in [0.15, 0.2) is 0 Å². The summed E-state index contributed by atoms with van der Waals surface area (Å²) in [6, 6.07) is 10.0. The van der Waals surface area contributed by atoms with Gasteiger partial charge in [-0.3, -0.25) is 4.72 Å². The summed E-state index contributed by atoms with van der Waals surface area (Å²) >= 11 is 5.66. The smallest absolute Gasteiger partial charge is 0.263 e. The van der Waals surface area contributed by atoms with E-state index < -0.39 is 10.0 Å². The Labute approximate surface area is 123 Å². The lowest BCUT2D eigenvalue weighted by Crippen LogP contribution is -2.17. The molecule has 0 bridgehead atoms. The number of pyridine rings is 1. The first-order chi connectivity index (χ1) is 9.40. The highest BCUT2D eigenvalue weighted by Crippen LogP contribution is 2.26. The Morgan fingerprint density at radius 2 is 1.85 bits per heavy atom. The van der Waals surface area contributed by atoms with Crippen LogP contribution < -0.4 is 9.62 Å². The van der Waals surface area contributed by atoms with Gasteiger partial charge in [0, 0.05) is 20.3 Å². The number of anilines is 2. The molecule has 1 N–H and O–H groups in total. The first-order valence-electron chi connectivity index (χ1n) is 5.81. The predicted octanol–water partition coefficient (Wildman–Crippen LogP) is 2.60. The lowest BCUT2D eigenvalue weighted by molar-refractivity contribution is 0.601. The van der Waals surface area contributed by atoms with Gasteiger partial charge in [0.05, 0.1) is 11.4 Å². The van der Waals surface area contributed by atoms with Crippen LogP contribution in [0.5, 0.6) is 0 Å². The summed E-state index contributed by atoms with van der Waals surface area (Å²) in [7, 11) is 0.00453. The van der Waals surface area contributed by atoms with Crippen LogP contribution >= 0.6 is 11.6 Å². The summed E-state index contributed by atoms with van der Waals surface area (Å²) in [5.74, 6) is 0. The monoisotopic (exact) mass is 311 g/mol. The van der Waals surface area contributed by atoms with Gasteiger partial charge in [0.25, 0.3) is 10.0 Å². The molecule has 1 heterocycles. The molecular formula is C13H14ClN3O2S. The second-order valence-corrected chi connectivity index (χ2v) is 6.40. The average Bonchev–Trinajstić information content (AvgIpc) is 2.39. The molecule has 0 saturated heterocycles. The minimum absolute atomic E-state index is 0.0652. The van der Waals surface area contributed by atoms with Crippen LogP contribution in [0.25, 0.3) is 0 Å². The van der Waals surface area contributed by atoms with Crippen molar-refractivity contribution in [3.05, 3.63) is 47.7 Å². The van der Waals surface area contributed by atoms with Crippen LogP contribution in [0.15, 0.2) is 47.5 Å². The first kappa shape index (κ1) is 14.6. The maximum absolute atomic E-state index is 12.3. The maximum Gasteiger partial charge on any atom is 0.263 e. The molecule has 0 spiro atoms. The van der Waals surface area contributed by atoms with Gasteiger partial charge in [0.2, 0.25) is 0 Å². The molecule has 106 valence electrons. The van der Waals surface area contributed by atoms with Crippen molar-refractivity contribution >= 4 is 33.0 Å². The van der Waals surface area contributed by atoms with E-state index in [-0.39, 0.29) is 10.0 Å². The minimum atomic E-state index is -3.68. The number of hydrogen-bond donors (Lipinski definition) is 1. The van der Waals surface area contributed by atoms with Crippen molar-refractivity contribution in [1.29, 1.82) is 0 Å². The second-order valence-electron chi connectivity index (χ2n) is 4.33. The Morgan fingerprint density at radius 3 is 2.45 bits per heavy atom. The van der Waals surface area contributed by atoms with Gasteiger partial charge in [-0.25, -0.2) is 13.4 Å². The molecule has 2 rings (SSSR count). The van der Waals surface area contributed by atoms with E-state index in [1.165, 1.54) is 18.3 Å². The SMILES string of the molecule is CN(C)c1ccccc1NS(=O)(=O)c1ccc(Cl)nc1. The summed E-state index contributed by atoms with van der Waals surface area (Å²) in [5, 5.41) is 0.248. The molecule has 0 aliphatic heterocycles. The van der Waals surface area contributed by atoms with Crippen LogP contribution in [0, 0.1) is 0 Å². The molecular weight excluding hydrogens is 298 g/mol. The zero-order valence-electron chi connectivity index (χ0n) is 11.0. The number of sulfonamides is 1. The van der Waals surface area contributed by atoms with Crippen molar-refractivity contribution < 1.29 is 8.42 Å². The summed E-state index contributed by atoms with van der Waals surface area (Å²) in [4.78, 5) is 5.68. The van der Waals surface area contributed by atoms with Gasteiger partial charge in [-0.1, -0.05) is 23.7 Å². The number of aromatic nitrogens is 1. The normalized spacial score (nSPS) is 11.2. The van der Waals surface area contributed by atoms with E-state index in [0.717, 1.165) is 5.69 Å². The third-order valence-corrected chi connectivity index (χ3v) is 4.22. The van der Waals surface area contributed by atoms with Crippen molar-refractivity contribution in [2.45, 2.75) is 4.90 Å². The Balaban J connectivity index is 2.36. The van der Waals surface area contributed by atoms with Gasteiger partial charge in [-0.2, -0.15) is 0 Å². The van der Waals surface area contributed by atoms with E-state index in [4.69, 9.17) is 11.6 Å². The largest absolute Gasteiger partial charge is 0.376 e. The number of nitrogens with zero attached hydrogens (tertiary/aromatic N) is 2. The molecule has 0 unspecified atom stereocenters. The van der Waals surface area contributed by atoms with E-state index in [2.05, 4.69) is 9.71 Å². The van der Waals surface area contributed by atoms with Gasteiger partial charge in [-0.15, -0.1) is 0 Å². The highest BCUT2D eigenvalue weighted by atomic mass is 35.5. The van der Waals surface area contributed by atoms with Gasteiger partial charge < -0.3 is 4.90 Å². The van der Waals surface area contributed by atoms with Crippen LogP contribution in [0.1, 0.15) is 0 Å². The van der Waals surface area contributed by atoms with E-state index in [0.29, 0.717) is 5.69 Å². The fourth-order valence-electron chi connectivity index (χ4n) is 1.67. The number of nitrogens with one attached hydrogen (secondary N) is 1. The second kappa shape index (κ2) is 5.68. The summed E-state index contributed by atoms with van der Waals surface area (Å²) in [6.07, 6.45) is 1.23. The van der Waals surface area contributed by atoms with E-state index in [1.807, 2.05) is 31.1 Å². The lowest BCUT2D eigenvalue weighted by Gasteiger charge is -2.18. The summed E-state index contributed by atoms with van der Waals surface area (Å²) < 4.78 is 27.1. The fraction of sp³-hybridized carbons (Fsp3) is 0.154. The molecule has 0 amide bonds. The van der Waals surface area contributed by atoms with Crippen LogP contribution in [-0.4, -0.2) is 27.5 Å². The summed E-state index contributed by atoms with van der Waals surface area (Å²) in [5.41, 5.74) is 1.28. The number of hydrogen-bond acceptors (Lipinski definition) is 4.